The Balaban J connectivity index is 1.23. The first-order chi connectivity index (χ1) is 14.7. The Morgan fingerprint density at radius 1 is 1.00 bits per heavy atom. The largest absolute Gasteiger partial charge is 0.357 e. The number of carbonyl (C=O) groups excluding carboxylic acids is 2. The summed E-state index contributed by atoms with van der Waals surface area (Å²) in [7, 11) is 0. The van der Waals surface area contributed by atoms with Crippen LogP contribution >= 0.6 is 0 Å². The summed E-state index contributed by atoms with van der Waals surface area (Å²) in [5, 5.41) is 8.83. The van der Waals surface area contributed by atoms with Crippen molar-refractivity contribution < 1.29 is 9.59 Å². The van der Waals surface area contributed by atoms with Crippen LogP contribution in [0.2, 0.25) is 0 Å². The fourth-order valence-corrected chi connectivity index (χ4v) is 3.80. The lowest BCUT2D eigenvalue weighted by molar-refractivity contribution is -0.133. The topological polar surface area (TPSA) is 77.9 Å². The lowest BCUT2D eigenvalue weighted by atomic mass is 10.1. The van der Waals surface area contributed by atoms with Gasteiger partial charge in [-0.1, -0.05) is 30.3 Å². The summed E-state index contributed by atoms with van der Waals surface area (Å²) in [5.74, 6) is 0.723. The molecule has 1 saturated heterocycles. The summed E-state index contributed by atoms with van der Waals surface area (Å²) in [4.78, 5) is 31.3. The van der Waals surface area contributed by atoms with Crippen LogP contribution in [0.3, 0.4) is 0 Å². The van der Waals surface area contributed by atoms with E-state index in [-0.39, 0.29) is 24.7 Å². The molecule has 7 nitrogen and oxygen atoms in total. The van der Waals surface area contributed by atoms with Gasteiger partial charge in [-0.25, -0.2) is 9.99 Å². The second-order valence-corrected chi connectivity index (χ2v) is 7.67. The third kappa shape index (κ3) is 5.03. The number of aromatic nitrogens is 1. The van der Waals surface area contributed by atoms with Crippen LogP contribution in [0.1, 0.15) is 43.2 Å². The summed E-state index contributed by atoms with van der Waals surface area (Å²) in [6.07, 6.45) is 5.25. The highest BCUT2D eigenvalue weighted by Gasteiger charge is 2.22. The fraction of sp³-hybridized carbons (Fsp3) is 0.391. The number of benzene rings is 1. The van der Waals surface area contributed by atoms with Gasteiger partial charge in [-0.15, -0.1) is 0 Å². The second kappa shape index (κ2) is 9.52. The SMILES string of the molecule is O=C(CCC(=O)N1CCC(c2ccccc2)=N1)NCc1ccnc(N2CCCC2)c1. The minimum absolute atomic E-state index is 0.115. The first kappa shape index (κ1) is 20.1. The number of hydrogen-bond acceptors (Lipinski definition) is 5. The van der Waals surface area contributed by atoms with Gasteiger partial charge in [0.2, 0.25) is 11.8 Å². The Labute approximate surface area is 176 Å². The van der Waals surface area contributed by atoms with Crippen LogP contribution in [0.25, 0.3) is 0 Å². The number of hydrogen-bond donors (Lipinski definition) is 1. The molecule has 0 radical (unpaired) electrons. The maximum Gasteiger partial charge on any atom is 0.243 e. The quantitative estimate of drug-likeness (QED) is 0.768. The van der Waals surface area contributed by atoms with Crippen molar-refractivity contribution in [2.75, 3.05) is 24.5 Å². The Hall–Kier alpha value is -3.22. The van der Waals surface area contributed by atoms with E-state index in [0.717, 1.165) is 42.2 Å². The van der Waals surface area contributed by atoms with Gasteiger partial charge >= 0.3 is 0 Å². The molecule has 0 unspecified atom stereocenters. The molecular formula is C23H27N5O2. The van der Waals surface area contributed by atoms with Crippen LogP contribution < -0.4 is 10.2 Å². The van der Waals surface area contributed by atoms with Gasteiger partial charge in [0.1, 0.15) is 5.82 Å². The van der Waals surface area contributed by atoms with Crippen LogP contribution in [-0.4, -0.2) is 47.2 Å². The Morgan fingerprint density at radius 2 is 1.80 bits per heavy atom. The van der Waals surface area contributed by atoms with Crippen molar-refractivity contribution in [1.29, 1.82) is 0 Å². The molecule has 1 aromatic carbocycles. The molecule has 0 atom stereocenters. The molecule has 2 aliphatic heterocycles. The number of hydrazone groups is 1. The van der Waals surface area contributed by atoms with E-state index in [9.17, 15) is 9.59 Å². The summed E-state index contributed by atoms with van der Waals surface area (Å²) < 4.78 is 0. The van der Waals surface area contributed by atoms with Crippen LogP contribution in [0.4, 0.5) is 5.82 Å². The Bertz CT molecular complexity index is 922. The molecule has 1 aromatic heterocycles. The van der Waals surface area contributed by atoms with Gasteiger partial charge in [-0.3, -0.25) is 9.59 Å². The third-order valence-corrected chi connectivity index (χ3v) is 5.49. The van der Waals surface area contributed by atoms with Crippen molar-refractivity contribution in [2.45, 2.75) is 38.6 Å². The van der Waals surface area contributed by atoms with Crippen LogP contribution in [0.15, 0.2) is 53.8 Å². The average Bonchev–Trinajstić information content (AvgIpc) is 3.49. The van der Waals surface area contributed by atoms with E-state index in [1.54, 1.807) is 6.20 Å². The average molecular weight is 406 g/mol. The number of amides is 2. The third-order valence-electron chi connectivity index (χ3n) is 5.49. The second-order valence-electron chi connectivity index (χ2n) is 7.67. The van der Waals surface area contributed by atoms with E-state index >= 15 is 0 Å². The van der Waals surface area contributed by atoms with Crippen molar-refractivity contribution in [1.82, 2.24) is 15.3 Å². The molecular weight excluding hydrogens is 378 g/mol. The molecule has 0 spiro atoms. The highest BCUT2D eigenvalue weighted by molar-refractivity contribution is 6.02. The van der Waals surface area contributed by atoms with Gasteiger partial charge in [-0.05, 0) is 36.1 Å². The van der Waals surface area contributed by atoms with Crippen LogP contribution in [0.5, 0.6) is 0 Å². The molecule has 1 fully saturated rings. The van der Waals surface area contributed by atoms with Crippen molar-refractivity contribution in [2.24, 2.45) is 5.10 Å². The van der Waals surface area contributed by atoms with Gasteiger partial charge < -0.3 is 10.2 Å². The van der Waals surface area contributed by atoms with Crippen molar-refractivity contribution in [3.63, 3.8) is 0 Å². The first-order valence-corrected chi connectivity index (χ1v) is 10.6. The van der Waals surface area contributed by atoms with Gasteiger partial charge in [-0.2, -0.15) is 5.10 Å². The molecule has 0 aliphatic carbocycles. The first-order valence-electron chi connectivity index (χ1n) is 10.6. The molecule has 2 amide bonds. The Kier molecular flexibility index (Phi) is 6.37. The molecule has 30 heavy (non-hydrogen) atoms. The summed E-state index contributed by atoms with van der Waals surface area (Å²) in [5.41, 5.74) is 2.97. The van der Waals surface area contributed by atoms with E-state index in [1.165, 1.54) is 17.9 Å². The fourth-order valence-electron chi connectivity index (χ4n) is 3.80. The zero-order valence-electron chi connectivity index (χ0n) is 17.1. The smallest absolute Gasteiger partial charge is 0.243 e. The molecule has 0 bridgehead atoms. The van der Waals surface area contributed by atoms with Crippen molar-refractivity contribution in [3.8, 4) is 0 Å². The lowest BCUT2D eigenvalue weighted by Gasteiger charge is -2.17. The van der Waals surface area contributed by atoms with Gasteiger partial charge in [0.25, 0.3) is 0 Å². The van der Waals surface area contributed by atoms with Crippen LogP contribution in [-0.2, 0) is 16.1 Å². The summed E-state index contributed by atoms with van der Waals surface area (Å²) in [6.45, 7) is 3.09. The molecule has 7 heteroatoms. The molecule has 2 aromatic rings. The molecule has 0 saturated carbocycles. The number of nitrogens with zero attached hydrogens (tertiary/aromatic N) is 4. The van der Waals surface area contributed by atoms with E-state index in [1.807, 2.05) is 42.5 Å². The number of carbonyl (C=O) groups is 2. The van der Waals surface area contributed by atoms with E-state index in [4.69, 9.17) is 0 Å². The van der Waals surface area contributed by atoms with Crippen molar-refractivity contribution in [3.05, 3.63) is 59.8 Å². The van der Waals surface area contributed by atoms with Gasteiger partial charge in [0.05, 0.1) is 12.3 Å². The number of rotatable bonds is 7. The maximum atomic E-state index is 12.4. The molecule has 4 rings (SSSR count). The monoisotopic (exact) mass is 405 g/mol. The highest BCUT2D eigenvalue weighted by Crippen LogP contribution is 2.18. The predicted octanol–water partition coefficient (Wildman–Crippen LogP) is 2.71. The highest BCUT2D eigenvalue weighted by atomic mass is 16.2. The predicted molar refractivity (Wildman–Crippen MR) is 116 cm³/mol. The van der Waals surface area contributed by atoms with Gasteiger partial charge in [0, 0.05) is 45.1 Å². The van der Waals surface area contributed by atoms with E-state index in [2.05, 4.69) is 20.3 Å². The van der Waals surface area contributed by atoms with Crippen LogP contribution in [0, 0.1) is 0 Å². The normalized spacial score (nSPS) is 15.9. The minimum atomic E-state index is -0.130. The zero-order chi connectivity index (χ0) is 20.8. The lowest BCUT2D eigenvalue weighted by Crippen LogP contribution is -2.27. The Morgan fingerprint density at radius 3 is 2.60 bits per heavy atom. The summed E-state index contributed by atoms with van der Waals surface area (Å²) in [6, 6.07) is 13.8. The van der Waals surface area contributed by atoms with Gasteiger partial charge in [0.15, 0.2) is 0 Å². The number of pyridine rings is 1. The molecule has 2 aliphatic rings. The maximum absolute atomic E-state index is 12.4. The minimum Gasteiger partial charge on any atom is -0.357 e. The summed E-state index contributed by atoms with van der Waals surface area (Å²) >= 11 is 0. The van der Waals surface area contributed by atoms with E-state index < -0.39 is 0 Å². The number of nitrogens with one attached hydrogen (secondary N) is 1. The van der Waals surface area contributed by atoms with Crippen molar-refractivity contribution >= 4 is 23.3 Å². The molecule has 156 valence electrons. The van der Waals surface area contributed by atoms with E-state index in [0.29, 0.717) is 13.1 Å². The molecule has 1 N–H and O–H groups in total. The molecule has 3 heterocycles. The zero-order valence-corrected chi connectivity index (χ0v) is 17.1. The number of anilines is 1. The standard InChI is InChI=1S/C23H27N5O2/c29-22(25-17-18-10-12-24-21(16-18)27-13-4-5-14-27)8-9-23(30)28-15-11-20(26-28)19-6-2-1-3-7-19/h1-3,6-7,10,12,16H,4-5,8-9,11,13-15,17H2,(H,25,29).